The lowest BCUT2D eigenvalue weighted by molar-refractivity contribution is -0.119. The molecule has 4 rings (SSSR count). The van der Waals surface area contributed by atoms with Crippen LogP contribution in [0.25, 0.3) is 16.6 Å². The zero-order valence-electron chi connectivity index (χ0n) is 16.6. The van der Waals surface area contributed by atoms with Crippen molar-refractivity contribution >= 4 is 46.1 Å². The molecule has 2 N–H and O–H groups in total. The number of para-hydroxylation sites is 1. The Kier molecular flexibility index (Phi) is 6.53. The molecule has 0 atom stereocenters. The summed E-state index contributed by atoms with van der Waals surface area (Å²) >= 11 is 7.15. The highest BCUT2D eigenvalue weighted by atomic mass is 35.5. The van der Waals surface area contributed by atoms with Crippen LogP contribution in [0.1, 0.15) is 10.4 Å². The summed E-state index contributed by atoms with van der Waals surface area (Å²) in [4.78, 5) is 42.2. The maximum Gasteiger partial charge on any atom is 0.269 e. The zero-order valence-corrected chi connectivity index (χ0v) is 18.2. The van der Waals surface area contributed by atoms with Crippen molar-refractivity contribution in [2.45, 2.75) is 5.16 Å². The van der Waals surface area contributed by atoms with Gasteiger partial charge < -0.3 is 0 Å². The normalized spacial score (nSPS) is 10.7. The minimum Gasteiger partial charge on any atom is -0.272 e. The number of thioether (sulfide) groups is 1. The van der Waals surface area contributed by atoms with Gasteiger partial charge in [-0.15, -0.1) is 0 Å². The Morgan fingerprint density at radius 2 is 1.62 bits per heavy atom. The molecule has 9 heteroatoms. The highest BCUT2D eigenvalue weighted by Gasteiger charge is 2.15. The molecule has 0 unspecified atom stereocenters. The number of carbonyl (C=O) groups is 2. The number of hydrazine groups is 1. The Morgan fingerprint density at radius 1 is 0.938 bits per heavy atom. The zero-order chi connectivity index (χ0) is 22.5. The number of hydrogen-bond acceptors (Lipinski definition) is 5. The smallest absolute Gasteiger partial charge is 0.269 e. The lowest BCUT2D eigenvalue weighted by Gasteiger charge is -2.13. The maximum absolute atomic E-state index is 13.2. The molecule has 3 aromatic carbocycles. The van der Waals surface area contributed by atoms with Gasteiger partial charge in [-0.1, -0.05) is 59.8 Å². The van der Waals surface area contributed by atoms with Crippen LogP contribution in [0.2, 0.25) is 5.02 Å². The summed E-state index contributed by atoms with van der Waals surface area (Å²) in [7, 11) is 0. The topological polar surface area (TPSA) is 93.1 Å². The van der Waals surface area contributed by atoms with E-state index in [9.17, 15) is 14.4 Å². The lowest BCUT2D eigenvalue weighted by Crippen LogP contribution is -2.42. The molecule has 2 amide bonds. The van der Waals surface area contributed by atoms with E-state index in [4.69, 9.17) is 11.6 Å². The van der Waals surface area contributed by atoms with E-state index in [-0.39, 0.29) is 11.3 Å². The third-order valence-corrected chi connectivity index (χ3v) is 5.67. The first-order valence-corrected chi connectivity index (χ1v) is 10.9. The van der Waals surface area contributed by atoms with E-state index < -0.39 is 11.8 Å². The van der Waals surface area contributed by atoms with Crippen LogP contribution in [0.15, 0.2) is 88.8 Å². The molecule has 0 saturated carbocycles. The summed E-state index contributed by atoms with van der Waals surface area (Å²) in [6.45, 7) is 0. The molecular formula is C23H17ClN4O3S. The van der Waals surface area contributed by atoms with Crippen molar-refractivity contribution in [3.63, 3.8) is 0 Å². The third-order valence-electron chi connectivity index (χ3n) is 4.50. The fraction of sp³-hybridized carbons (Fsp3) is 0.0435. The number of benzene rings is 3. The average Bonchev–Trinajstić information content (AvgIpc) is 2.82. The van der Waals surface area contributed by atoms with Gasteiger partial charge in [0, 0.05) is 10.6 Å². The summed E-state index contributed by atoms with van der Waals surface area (Å²) in [5.41, 5.74) is 5.98. The minimum absolute atomic E-state index is 0.0621. The second-order valence-electron chi connectivity index (χ2n) is 6.69. The second kappa shape index (κ2) is 9.67. The van der Waals surface area contributed by atoms with Crippen LogP contribution in [0, 0.1) is 0 Å². The van der Waals surface area contributed by atoms with Gasteiger partial charge in [0.05, 0.1) is 22.3 Å². The predicted octanol–water partition coefficient (Wildman–Crippen LogP) is 3.59. The van der Waals surface area contributed by atoms with Crippen molar-refractivity contribution < 1.29 is 9.59 Å². The Balaban J connectivity index is 1.56. The van der Waals surface area contributed by atoms with Crippen molar-refractivity contribution in [2.24, 2.45) is 0 Å². The van der Waals surface area contributed by atoms with Crippen molar-refractivity contribution in [3.8, 4) is 5.69 Å². The Hall–Kier alpha value is -3.62. The Bertz CT molecular complexity index is 1340. The first-order chi connectivity index (χ1) is 15.5. The number of carbonyl (C=O) groups excluding carboxylic acids is 2. The summed E-state index contributed by atoms with van der Waals surface area (Å²) in [5.74, 6) is -0.928. The van der Waals surface area contributed by atoms with E-state index in [0.29, 0.717) is 32.3 Å². The van der Waals surface area contributed by atoms with Crippen molar-refractivity contribution in [2.75, 3.05) is 5.75 Å². The van der Waals surface area contributed by atoms with Crippen LogP contribution >= 0.6 is 23.4 Å². The molecule has 32 heavy (non-hydrogen) atoms. The molecule has 0 aliphatic rings. The molecule has 0 spiro atoms. The van der Waals surface area contributed by atoms with Gasteiger partial charge in [0.25, 0.3) is 11.5 Å². The van der Waals surface area contributed by atoms with E-state index >= 15 is 0 Å². The number of halogens is 1. The van der Waals surface area contributed by atoms with Crippen LogP contribution < -0.4 is 16.4 Å². The fourth-order valence-corrected chi connectivity index (χ4v) is 3.98. The molecule has 160 valence electrons. The van der Waals surface area contributed by atoms with Crippen LogP contribution in [0.5, 0.6) is 0 Å². The molecular weight excluding hydrogens is 448 g/mol. The first kappa shape index (κ1) is 21.6. The van der Waals surface area contributed by atoms with Gasteiger partial charge in [-0.2, -0.15) is 0 Å². The molecule has 0 saturated heterocycles. The highest BCUT2D eigenvalue weighted by Crippen LogP contribution is 2.22. The largest absolute Gasteiger partial charge is 0.272 e. The number of nitrogens with one attached hydrogen (secondary N) is 2. The summed E-state index contributed by atoms with van der Waals surface area (Å²) < 4.78 is 1.44. The fourth-order valence-electron chi connectivity index (χ4n) is 2.99. The molecule has 4 aromatic rings. The average molecular weight is 465 g/mol. The molecule has 0 fully saturated rings. The van der Waals surface area contributed by atoms with Gasteiger partial charge in [-0.25, -0.2) is 4.98 Å². The number of amides is 2. The first-order valence-electron chi connectivity index (χ1n) is 9.58. The molecule has 0 radical (unpaired) electrons. The predicted molar refractivity (Wildman–Crippen MR) is 125 cm³/mol. The quantitative estimate of drug-likeness (QED) is 0.267. The summed E-state index contributed by atoms with van der Waals surface area (Å²) in [6, 6.07) is 22.5. The monoisotopic (exact) mass is 464 g/mol. The van der Waals surface area contributed by atoms with Crippen molar-refractivity contribution in [1.82, 2.24) is 20.4 Å². The van der Waals surface area contributed by atoms with Gasteiger partial charge in [-0.3, -0.25) is 29.8 Å². The van der Waals surface area contributed by atoms with Crippen LogP contribution in [-0.4, -0.2) is 27.1 Å². The molecule has 0 bridgehead atoms. The van der Waals surface area contributed by atoms with Gasteiger partial charge in [0.15, 0.2) is 5.16 Å². The van der Waals surface area contributed by atoms with Gasteiger partial charge >= 0.3 is 0 Å². The number of hydrogen-bond donors (Lipinski definition) is 2. The van der Waals surface area contributed by atoms with Crippen molar-refractivity contribution in [3.05, 3.63) is 99.8 Å². The second-order valence-corrected chi connectivity index (χ2v) is 8.07. The molecule has 7 nitrogen and oxygen atoms in total. The number of rotatable bonds is 5. The SMILES string of the molecule is O=C(CSc1nc2ccc(Cl)cc2c(=O)n1-c1ccccc1)NNC(=O)c1ccccc1. The third kappa shape index (κ3) is 4.82. The minimum atomic E-state index is -0.440. The Labute approximate surface area is 192 Å². The van der Waals surface area contributed by atoms with Crippen LogP contribution in [-0.2, 0) is 4.79 Å². The van der Waals surface area contributed by atoms with Gasteiger partial charge in [0.1, 0.15) is 0 Å². The highest BCUT2D eigenvalue weighted by molar-refractivity contribution is 7.99. The van der Waals surface area contributed by atoms with E-state index in [2.05, 4.69) is 15.8 Å². The van der Waals surface area contributed by atoms with Crippen LogP contribution in [0.3, 0.4) is 0 Å². The van der Waals surface area contributed by atoms with Gasteiger partial charge in [0.2, 0.25) is 5.91 Å². The summed E-state index contributed by atoms with van der Waals surface area (Å²) in [5, 5.41) is 1.16. The van der Waals surface area contributed by atoms with Gasteiger partial charge in [-0.05, 0) is 42.5 Å². The number of fused-ring (bicyclic) bond motifs is 1. The number of aromatic nitrogens is 2. The molecule has 1 heterocycles. The van der Waals surface area contributed by atoms with E-state index in [0.717, 1.165) is 11.8 Å². The summed E-state index contributed by atoms with van der Waals surface area (Å²) in [6.07, 6.45) is 0. The van der Waals surface area contributed by atoms with E-state index in [1.807, 2.05) is 18.2 Å². The van der Waals surface area contributed by atoms with E-state index in [1.54, 1.807) is 60.7 Å². The lowest BCUT2D eigenvalue weighted by atomic mass is 10.2. The van der Waals surface area contributed by atoms with E-state index in [1.165, 1.54) is 4.57 Å². The Morgan fingerprint density at radius 3 is 2.34 bits per heavy atom. The van der Waals surface area contributed by atoms with Crippen molar-refractivity contribution in [1.29, 1.82) is 0 Å². The standard InChI is InChI=1S/C23H17ClN4O3S/c24-16-11-12-19-18(13-16)22(31)28(17-9-5-2-6-10-17)23(25-19)32-14-20(29)26-27-21(30)15-7-3-1-4-8-15/h1-13H,14H2,(H,26,29)(H,27,30). The molecule has 1 aromatic heterocycles. The molecule has 0 aliphatic heterocycles. The molecule has 0 aliphatic carbocycles. The maximum atomic E-state index is 13.2. The van der Waals surface area contributed by atoms with Crippen LogP contribution in [0.4, 0.5) is 0 Å². The number of nitrogens with zero attached hydrogens (tertiary/aromatic N) is 2.